The van der Waals surface area contributed by atoms with E-state index in [1.807, 2.05) is 55.7 Å². The Bertz CT molecular complexity index is 2220. The molecule has 0 fully saturated rings. The summed E-state index contributed by atoms with van der Waals surface area (Å²) in [6.45, 7) is 7.07. The van der Waals surface area contributed by atoms with Crippen molar-refractivity contribution in [1.29, 1.82) is 0 Å². The van der Waals surface area contributed by atoms with E-state index >= 15 is 4.39 Å². The third-order valence-corrected chi connectivity index (χ3v) is 10.7. The molecule has 2 aromatic carbocycles. The van der Waals surface area contributed by atoms with Crippen LogP contribution in [0, 0.1) is 17.0 Å². The van der Waals surface area contributed by atoms with Gasteiger partial charge in [-0.1, -0.05) is 51.1 Å². The molecule has 0 aliphatic carbocycles. The number of halogens is 5. The molecule has 68 heavy (non-hydrogen) atoms. The number of rotatable bonds is 25. The van der Waals surface area contributed by atoms with Crippen LogP contribution >= 0.6 is 11.8 Å². The number of nitrogens with two attached hydrogens (primary N) is 1. The fourth-order valence-electron chi connectivity index (χ4n) is 6.60. The van der Waals surface area contributed by atoms with E-state index < -0.39 is 70.9 Å². The smallest absolute Gasteiger partial charge is 0.480 e. The average Bonchev–Trinajstić information content (AvgIpc) is 3.81. The molecule has 5 amide bonds. The molecule has 0 radical (unpaired) electrons. The number of carbonyl (C=O) groups excluding carboxylic acids is 5. The van der Waals surface area contributed by atoms with Crippen molar-refractivity contribution in [2.75, 3.05) is 64.1 Å². The van der Waals surface area contributed by atoms with Gasteiger partial charge in [0.15, 0.2) is 0 Å². The summed E-state index contributed by atoms with van der Waals surface area (Å²) in [5.41, 5.74) is 7.54. The standard InChI is InChI=1S/C43H54F2N6O9S.C2HF3O2/c1-43(2,3)41(35-22-30(32-23-31(44)10-11-33(32)45)25-49(35)24-29-8-5-4-6-9-29)50(17-7-15-46)40(56)28-61-27-34(42(57)58)48-36(52)14-18-59-20-21-60-19-16-47-37(53)26-51-38(54)12-13-39(51)55;3-2(4,5)1(6)7/h4-6,8-13,22-23,25,34,41H,7,14-21,24,26-28,46H2,1-3H3,(H,47,53)(H,48,52)(H,57,58);(H,6,7). The Labute approximate surface area is 393 Å². The second-order valence-electron chi connectivity index (χ2n) is 16.1. The summed E-state index contributed by atoms with van der Waals surface area (Å²) in [4.78, 5) is 85.4. The van der Waals surface area contributed by atoms with Crippen LogP contribution in [0.25, 0.3) is 11.1 Å². The summed E-state index contributed by atoms with van der Waals surface area (Å²) < 4.78 is 73.9. The third-order valence-electron chi connectivity index (χ3n) is 9.70. The molecule has 0 spiro atoms. The quantitative estimate of drug-likeness (QED) is 0.0456. The van der Waals surface area contributed by atoms with E-state index in [0.29, 0.717) is 30.8 Å². The number of amides is 5. The summed E-state index contributed by atoms with van der Waals surface area (Å²) in [7, 11) is 0. The zero-order valence-corrected chi connectivity index (χ0v) is 38.4. The summed E-state index contributed by atoms with van der Waals surface area (Å²) in [5.74, 6) is -7.88. The number of ether oxygens (including phenoxy) is 2. The number of nitrogens with zero attached hydrogens (tertiary/aromatic N) is 3. The second kappa shape index (κ2) is 27.0. The number of benzene rings is 2. The van der Waals surface area contributed by atoms with Gasteiger partial charge < -0.3 is 45.5 Å². The van der Waals surface area contributed by atoms with Crippen molar-refractivity contribution in [1.82, 2.24) is 25.0 Å². The fourth-order valence-corrected chi connectivity index (χ4v) is 7.52. The van der Waals surface area contributed by atoms with E-state index in [0.717, 1.165) is 52.6 Å². The normalized spacial score (nSPS) is 13.4. The Hall–Kier alpha value is -6.17. The van der Waals surface area contributed by atoms with Crippen LogP contribution in [0.5, 0.6) is 0 Å². The first kappa shape index (κ1) is 56.2. The Morgan fingerprint density at radius 1 is 0.882 bits per heavy atom. The lowest BCUT2D eigenvalue weighted by atomic mass is 9.83. The first-order chi connectivity index (χ1) is 32.0. The topological polar surface area (TPSA) is 240 Å². The molecule has 4 rings (SSSR count). The highest BCUT2D eigenvalue weighted by molar-refractivity contribution is 8.00. The summed E-state index contributed by atoms with van der Waals surface area (Å²) in [6, 6.07) is 12.8. The van der Waals surface area contributed by atoms with Crippen LogP contribution in [0.3, 0.4) is 0 Å². The lowest BCUT2D eigenvalue weighted by molar-refractivity contribution is -0.192. The van der Waals surface area contributed by atoms with Gasteiger partial charge in [-0.15, -0.1) is 11.8 Å². The number of hydrogen-bond donors (Lipinski definition) is 5. The first-order valence-electron chi connectivity index (χ1n) is 21.1. The molecule has 372 valence electrons. The van der Waals surface area contributed by atoms with Crippen molar-refractivity contribution in [3.8, 4) is 11.1 Å². The maximum absolute atomic E-state index is 15.1. The number of alkyl halides is 3. The molecule has 2 heterocycles. The highest BCUT2D eigenvalue weighted by Gasteiger charge is 2.39. The number of thioether (sulfide) groups is 1. The van der Waals surface area contributed by atoms with Crippen LogP contribution in [-0.2, 0) is 49.6 Å². The third kappa shape index (κ3) is 18.5. The van der Waals surface area contributed by atoms with E-state index in [4.69, 9.17) is 25.1 Å². The lowest BCUT2D eigenvalue weighted by Gasteiger charge is -2.41. The van der Waals surface area contributed by atoms with Crippen molar-refractivity contribution in [2.24, 2.45) is 11.1 Å². The summed E-state index contributed by atoms with van der Waals surface area (Å²) in [5, 5.41) is 22.0. The van der Waals surface area contributed by atoms with Gasteiger partial charge in [0.1, 0.15) is 24.2 Å². The molecule has 17 nitrogen and oxygen atoms in total. The molecule has 0 saturated heterocycles. The molecular weight excluding hydrogens is 928 g/mol. The van der Waals surface area contributed by atoms with Gasteiger partial charge in [0, 0.05) is 67.0 Å². The Kier molecular flexibility index (Phi) is 22.3. The lowest BCUT2D eigenvalue weighted by Crippen LogP contribution is -2.45. The van der Waals surface area contributed by atoms with Crippen LogP contribution in [0.1, 0.15) is 50.9 Å². The van der Waals surface area contributed by atoms with Crippen LogP contribution in [0.15, 0.2) is 72.9 Å². The zero-order chi connectivity index (χ0) is 50.6. The number of aromatic nitrogens is 1. The molecule has 1 aromatic heterocycles. The molecule has 6 N–H and O–H groups in total. The molecule has 2 unspecified atom stereocenters. The number of imide groups is 1. The van der Waals surface area contributed by atoms with Gasteiger partial charge in [0.25, 0.3) is 11.8 Å². The highest BCUT2D eigenvalue weighted by atomic mass is 32.2. The Morgan fingerprint density at radius 2 is 1.51 bits per heavy atom. The van der Waals surface area contributed by atoms with E-state index in [9.17, 15) is 51.4 Å². The Morgan fingerprint density at radius 3 is 2.10 bits per heavy atom. The predicted molar refractivity (Wildman–Crippen MR) is 239 cm³/mol. The summed E-state index contributed by atoms with van der Waals surface area (Å²) >= 11 is 1.06. The second-order valence-corrected chi connectivity index (χ2v) is 17.1. The molecule has 0 bridgehead atoms. The molecule has 23 heteroatoms. The minimum Gasteiger partial charge on any atom is -0.480 e. The maximum atomic E-state index is 15.1. The number of carboxylic acid groups (broad SMARTS) is 2. The number of carbonyl (C=O) groups is 7. The largest absolute Gasteiger partial charge is 0.490 e. The predicted octanol–water partition coefficient (Wildman–Crippen LogP) is 4.15. The number of hydrogen-bond acceptors (Lipinski definition) is 11. The van der Waals surface area contributed by atoms with Gasteiger partial charge in [-0.25, -0.2) is 18.4 Å². The van der Waals surface area contributed by atoms with Crippen LogP contribution < -0.4 is 16.4 Å². The van der Waals surface area contributed by atoms with Crippen LogP contribution in [-0.4, -0.2) is 142 Å². The molecule has 2 atom stereocenters. The highest BCUT2D eigenvalue weighted by Crippen LogP contribution is 2.41. The van der Waals surface area contributed by atoms with Crippen molar-refractivity contribution >= 4 is 53.2 Å². The summed E-state index contributed by atoms with van der Waals surface area (Å²) in [6.07, 6.45) is -0.797. The molecule has 3 aromatic rings. The van der Waals surface area contributed by atoms with Crippen LogP contribution in [0.2, 0.25) is 0 Å². The Balaban J connectivity index is 0.00000162. The van der Waals surface area contributed by atoms with E-state index in [1.165, 1.54) is 0 Å². The molecule has 0 saturated carbocycles. The van der Waals surface area contributed by atoms with Crippen LogP contribution in [0.4, 0.5) is 22.0 Å². The average molecular weight is 983 g/mol. The van der Waals surface area contributed by atoms with Gasteiger partial charge in [-0.3, -0.25) is 28.9 Å². The van der Waals surface area contributed by atoms with Gasteiger partial charge in [0.2, 0.25) is 17.7 Å². The van der Waals surface area contributed by atoms with Gasteiger partial charge in [0.05, 0.1) is 38.2 Å². The fraction of sp³-hybridized carbons (Fsp3) is 0.444. The van der Waals surface area contributed by atoms with Crippen molar-refractivity contribution in [2.45, 2.75) is 58.4 Å². The van der Waals surface area contributed by atoms with Crippen molar-refractivity contribution in [3.05, 3.63) is 95.8 Å². The number of nitrogens with one attached hydrogen (secondary N) is 2. The monoisotopic (exact) mass is 982 g/mol. The van der Waals surface area contributed by atoms with Crippen molar-refractivity contribution < 1.29 is 75.2 Å². The number of carboxylic acids is 2. The van der Waals surface area contributed by atoms with E-state index in [2.05, 4.69) is 10.6 Å². The van der Waals surface area contributed by atoms with Crippen molar-refractivity contribution in [3.63, 3.8) is 0 Å². The molecule has 1 aliphatic heterocycles. The van der Waals surface area contributed by atoms with Gasteiger partial charge >= 0.3 is 18.1 Å². The SMILES string of the molecule is CC(C)(C)C(c1cc(-c2cc(F)ccc2F)cn1Cc1ccccc1)N(CCCN)C(=O)CSCC(NC(=O)CCOCCOCCNC(=O)CN1C(=O)C=CC1=O)C(=O)O.O=C(O)C(F)(F)F. The minimum atomic E-state index is -5.08. The number of aliphatic carboxylic acids is 2. The molecular formula is C45H55F5N6O11S. The van der Waals surface area contributed by atoms with E-state index in [1.54, 1.807) is 17.2 Å². The van der Waals surface area contributed by atoms with Gasteiger partial charge in [-0.2, -0.15) is 13.2 Å². The van der Waals surface area contributed by atoms with Gasteiger partial charge in [-0.05, 0) is 48.2 Å². The maximum Gasteiger partial charge on any atom is 0.490 e. The zero-order valence-electron chi connectivity index (χ0n) is 37.6. The van der Waals surface area contributed by atoms with E-state index in [-0.39, 0.29) is 75.5 Å². The minimum absolute atomic E-state index is 0.0142. The molecule has 1 aliphatic rings. The first-order valence-corrected chi connectivity index (χ1v) is 22.2.